The molecule has 0 spiro atoms. The lowest BCUT2D eigenvalue weighted by Crippen LogP contribution is -2.69. The van der Waals surface area contributed by atoms with E-state index in [1.165, 1.54) is 19.2 Å². The van der Waals surface area contributed by atoms with E-state index in [-0.39, 0.29) is 24.3 Å². The van der Waals surface area contributed by atoms with Gasteiger partial charge in [0, 0.05) is 31.0 Å². The van der Waals surface area contributed by atoms with Crippen molar-refractivity contribution in [2.24, 2.45) is 0 Å². The van der Waals surface area contributed by atoms with Gasteiger partial charge in [-0.25, -0.2) is 30.9 Å². The highest BCUT2D eigenvalue weighted by atomic mass is 32.2. The zero-order valence-electron chi connectivity index (χ0n) is 16.7. The molecule has 0 aliphatic carbocycles. The number of sulfonamides is 1. The number of carbonyl (C=O) groups excluding carboxylic acids is 1. The Morgan fingerprint density at radius 3 is 2.78 bits per heavy atom. The first-order chi connectivity index (χ1) is 15.1. The van der Waals surface area contributed by atoms with Gasteiger partial charge in [-0.1, -0.05) is 0 Å². The summed E-state index contributed by atoms with van der Waals surface area (Å²) in [6, 6.07) is 3.90. The first kappa shape index (κ1) is 22.0. The van der Waals surface area contributed by atoms with Crippen LogP contribution in [0.4, 0.5) is 18.9 Å². The van der Waals surface area contributed by atoms with Gasteiger partial charge in [0.15, 0.2) is 11.5 Å². The molecule has 2 aliphatic rings. The number of amides is 1. The summed E-state index contributed by atoms with van der Waals surface area (Å²) in [6.45, 7) is 0.127. The van der Waals surface area contributed by atoms with Crippen molar-refractivity contribution in [2.75, 3.05) is 19.0 Å². The second-order valence-electron chi connectivity index (χ2n) is 7.40. The Hall–Kier alpha value is -3.19. The lowest BCUT2D eigenvalue weighted by atomic mass is 9.83. The van der Waals surface area contributed by atoms with Crippen LogP contribution in [0, 0.1) is 22.9 Å². The molecule has 0 saturated carbocycles. The smallest absolute Gasteiger partial charge is 0.277 e. The van der Waals surface area contributed by atoms with Crippen molar-refractivity contribution in [3.8, 4) is 0 Å². The van der Waals surface area contributed by atoms with Gasteiger partial charge in [-0.2, -0.15) is 0 Å². The van der Waals surface area contributed by atoms with Crippen LogP contribution in [0.3, 0.4) is 0 Å². The summed E-state index contributed by atoms with van der Waals surface area (Å²) in [6.07, 6.45) is 1.20. The molecule has 3 N–H and O–H groups in total. The Morgan fingerprint density at radius 2 is 2.06 bits per heavy atom. The number of hydrogen-bond donors (Lipinski definition) is 3. The fourth-order valence-corrected chi connectivity index (χ4v) is 5.54. The normalized spacial score (nSPS) is 24.4. The lowest BCUT2D eigenvalue weighted by Gasteiger charge is -2.49. The molecule has 0 radical (unpaired) electrons. The van der Waals surface area contributed by atoms with Crippen molar-refractivity contribution in [1.82, 2.24) is 14.6 Å². The lowest BCUT2D eigenvalue weighted by molar-refractivity contribution is -0.0120. The number of carbonyl (C=O) groups is 1. The van der Waals surface area contributed by atoms with E-state index in [2.05, 4.69) is 15.6 Å². The summed E-state index contributed by atoms with van der Waals surface area (Å²) >= 11 is 0. The highest BCUT2D eigenvalue weighted by molar-refractivity contribution is 7.90. The van der Waals surface area contributed by atoms with Crippen molar-refractivity contribution in [2.45, 2.75) is 23.8 Å². The summed E-state index contributed by atoms with van der Waals surface area (Å²) in [4.78, 5) is 15.8. The topological polar surface area (TPSA) is 124 Å². The molecular formula is C19H18F3N5O4S. The number of rotatable bonds is 3. The number of ether oxygens (including phenoxy) is 1. The standard InChI is InChI=1S/C19H18F3N5O4S/c1-27-18(23)26-19(5-2-6-31-17(19)32(27,29)30)12-8-11(3-4-13(12)21)25-16(28)15-14(22)7-10(20)9-24-15/h3-4,7-9,17H,2,5-6H2,1H3,(H2,23,26)(H,25,28)/t17?,19-/m1/s1. The fraction of sp³-hybridized carbons (Fsp3) is 0.316. The summed E-state index contributed by atoms with van der Waals surface area (Å²) in [7, 11) is -2.96. The molecule has 0 bridgehead atoms. The Labute approximate surface area is 181 Å². The Bertz CT molecular complexity index is 1230. The number of anilines is 1. The van der Waals surface area contributed by atoms with Gasteiger partial charge in [0.25, 0.3) is 15.9 Å². The molecule has 1 unspecified atom stereocenters. The molecule has 3 heterocycles. The van der Waals surface area contributed by atoms with Gasteiger partial charge in [0.05, 0.1) is 6.20 Å². The van der Waals surface area contributed by atoms with Crippen LogP contribution in [-0.2, 0) is 20.3 Å². The molecule has 170 valence electrons. The van der Waals surface area contributed by atoms with E-state index in [1.807, 2.05) is 0 Å². The number of nitrogens with one attached hydrogen (secondary N) is 3. The maximum Gasteiger partial charge on any atom is 0.277 e. The van der Waals surface area contributed by atoms with Gasteiger partial charge in [-0.3, -0.25) is 10.2 Å². The van der Waals surface area contributed by atoms with Crippen molar-refractivity contribution in [1.29, 1.82) is 5.41 Å². The maximum absolute atomic E-state index is 15.0. The molecule has 9 nitrogen and oxygen atoms in total. The van der Waals surface area contributed by atoms with E-state index in [1.54, 1.807) is 0 Å². The maximum atomic E-state index is 15.0. The number of pyridine rings is 1. The summed E-state index contributed by atoms with van der Waals surface area (Å²) in [5.41, 5.74) is -3.94. The van der Waals surface area contributed by atoms with Crippen LogP contribution in [0.1, 0.15) is 28.9 Å². The monoisotopic (exact) mass is 469 g/mol. The largest absolute Gasteiger partial charge is 0.358 e. The zero-order valence-corrected chi connectivity index (χ0v) is 17.5. The first-order valence-corrected chi connectivity index (χ1v) is 10.9. The molecule has 13 heteroatoms. The number of nitrogens with zero attached hydrogens (tertiary/aromatic N) is 2. The predicted molar refractivity (Wildman–Crippen MR) is 107 cm³/mol. The van der Waals surface area contributed by atoms with Gasteiger partial charge < -0.3 is 15.4 Å². The molecule has 4 rings (SSSR count). The van der Waals surface area contributed by atoms with Crippen LogP contribution in [0.25, 0.3) is 0 Å². The Kier molecular flexibility index (Phi) is 5.33. The quantitative estimate of drug-likeness (QED) is 0.631. The van der Waals surface area contributed by atoms with Crippen LogP contribution in [0.2, 0.25) is 0 Å². The summed E-state index contributed by atoms with van der Waals surface area (Å²) in [5, 5.41) is 13.2. The van der Waals surface area contributed by atoms with E-state index in [4.69, 9.17) is 10.1 Å². The SMILES string of the molecule is CN1C(=N)N[C@@]2(c3cc(NC(=O)c4ncc(F)cc4F)ccc3F)CCCOC2S1(=O)=O. The molecule has 2 saturated heterocycles. The zero-order chi connectivity index (χ0) is 23.3. The molecule has 2 atom stereocenters. The van der Waals surface area contributed by atoms with E-state index in [0.29, 0.717) is 23.0 Å². The molecule has 2 fully saturated rings. The predicted octanol–water partition coefficient (Wildman–Crippen LogP) is 1.88. The third-order valence-corrected chi connectivity index (χ3v) is 7.45. The second-order valence-corrected chi connectivity index (χ2v) is 9.40. The molecule has 1 aromatic carbocycles. The number of hydrogen-bond acceptors (Lipinski definition) is 6. The third kappa shape index (κ3) is 3.46. The van der Waals surface area contributed by atoms with E-state index < -0.39 is 56.0 Å². The van der Waals surface area contributed by atoms with Gasteiger partial charge in [0.2, 0.25) is 11.4 Å². The van der Waals surface area contributed by atoms with Crippen molar-refractivity contribution < 1.29 is 31.1 Å². The number of fused-ring (bicyclic) bond motifs is 1. The number of benzene rings is 1. The van der Waals surface area contributed by atoms with Crippen LogP contribution in [0.5, 0.6) is 0 Å². The summed E-state index contributed by atoms with van der Waals surface area (Å²) in [5.74, 6) is -4.39. The minimum Gasteiger partial charge on any atom is -0.358 e. The van der Waals surface area contributed by atoms with E-state index in [9.17, 15) is 26.4 Å². The minimum atomic E-state index is -4.15. The molecule has 1 aromatic heterocycles. The molecule has 2 aliphatic heterocycles. The Morgan fingerprint density at radius 1 is 1.31 bits per heavy atom. The highest BCUT2D eigenvalue weighted by Gasteiger charge is 2.57. The van der Waals surface area contributed by atoms with Gasteiger partial charge >= 0.3 is 0 Å². The average Bonchev–Trinajstić information content (AvgIpc) is 2.73. The van der Waals surface area contributed by atoms with Crippen LogP contribution in [-0.4, -0.2) is 48.7 Å². The first-order valence-electron chi connectivity index (χ1n) is 9.45. The number of aromatic nitrogens is 1. The fourth-order valence-electron chi connectivity index (χ4n) is 3.87. The van der Waals surface area contributed by atoms with Gasteiger partial charge in [-0.15, -0.1) is 0 Å². The van der Waals surface area contributed by atoms with Crippen molar-refractivity contribution in [3.63, 3.8) is 0 Å². The second kappa shape index (κ2) is 7.74. The Balaban J connectivity index is 1.75. The van der Waals surface area contributed by atoms with Crippen molar-refractivity contribution in [3.05, 3.63) is 59.2 Å². The minimum absolute atomic E-state index is 0.0141. The highest BCUT2D eigenvalue weighted by Crippen LogP contribution is 2.43. The molecular weight excluding hydrogens is 451 g/mol. The van der Waals surface area contributed by atoms with E-state index >= 15 is 0 Å². The van der Waals surface area contributed by atoms with Crippen molar-refractivity contribution >= 4 is 27.6 Å². The average molecular weight is 469 g/mol. The molecule has 2 aromatic rings. The number of halogens is 3. The van der Waals surface area contributed by atoms with E-state index in [0.717, 1.165) is 6.07 Å². The molecule has 32 heavy (non-hydrogen) atoms. The van der Waals surface area contributed by atoms with Crippen LogP contribution >= 0.6 is 0 Å². The van der Waals surface area contributed by atoms with Gasteiger partial charge in [0.1, 0.15) is 17.2 Å². The van der Waals surface area contributed by atoms with Gasteiger partial charge in [-0.05, 0) is 31.0 Å². The number of guanidine groups is 1. The third-order valence-electron chi connectivity index (χ3n) is 5.42. The van der Waals surface area contributed by atoms with Crippen LogP contribution < -0.4 is 10.6 Å². The van der Waals surface area contributed by atoms with Crippen LogP contribution in [0.15, 0.2) is 30.5 Å². The molecule has 1 amide bonds. The summed E-state index contributed by atoms with van der Waals surface area (Å²) < 4.78 is 73.9.